The Labute approximate surface area is 124 Å². The monoisotopic (exact) mass is 309 g/mol. The van der Waals surface area contributed by atoms with Crippen LogP contribution in [0.25, 0.3) is 0 Å². The molecule has 0 amide bonds. The van der Waals surface area contributed by atoms with Crippen molar-refractivity contribution in [2.75, 3.05) is 4.72 Å². The van der Waals surface area contributed by atoms with Crippen LogP contribution in [0.1, 0.15) is 18.1 Å². The molecule has 0 atom stereocenters. The van der Waals surface area contributed by atoms with Crippen LogP contribution >= 0.6 is 11.6 Å². The smallest absolute Gasteiger partial charge is 0.261 e. The van der Waals surface area contributed by atoms with E-state index in [0.29, 0.717) is 10.7 Å². The number of aryl methyl sites for hydroxylation is 2. The van der Waals surface area contributed by atoms with E-state index in [1.165, 1.54) is 6.07 Å². The van der Waals surface area contributed by atoms with Gasteiger partial charge in [-0.25, -0.2) is 8.42 Å². The maximum absolute atomic E-state index is 12.3. The molecule has 3 nitrogen and oxygen atoms in total. The van der Waals surface area contributed by atoms with Crippen molar-refractivity contribution < 1.29 is 8.42 Å². The fourth-order valence-corrected chi connectivity index (χ4v) is 3.07. The first kappa shape index (κ1) is 14.9. The average molecular weight is 310 g/mol. The summed E-state index contributed by atoms with van der Waals surface area (Å²) in [7, 11) is -3.58. The number of nitrogens with one attached hydrogen (secondary N) is 1. The van der Waals surface area contributed by atoms with Gasteiger partial charge in [-0.1, -0.05) is 30.7 Å². The molecule has 2 aromatic rings. The molecule has 0 aliphatic carbocycles. The quantitative estimate of drug-likeness (QED) is 0.927. The van der Waals surface area contributed by atoms with Crippen molar-refractivity contribution in [1.82, 2.24) is 0 Å². The van der Waals surface area contributed by atoms with Gasteiger partial charge in [0, 0.05) is 10.7 Å². The van der Waals surface area contributed by atoms with Crippen LogP contribution in [0, 0.1) is 6.92 Å². The summed E-state index contributed by atoms with van der Waals surface area (Å²) in [5, 5.41) is 0.552. The highest BCUT2D eigenvalue weighted by molar-refractivity contribution is 7.92. The van der Waals surface area contributed by atoms with Gasteiger partial charge >= 0.3 is 0 Å². The number of hydrogen-bond acceptors (Lipinski definition) is 2. The summed E-state index contributed by atoms with van der Waals surface area (Å²) < 4.78 is 27.1. The maximum Gasteiger partial charge on any atom is 0.261 e. The molecule has 0 spiro atoms. The minimum Gasteiger partial charge on any atom is -0.280 e. The third-order valence-electron chi connectivity index (χ3n) is 3.05. The molecule has 106 valence electrons. The van der Waals surface area contributed by atoms with Crippen LogP contribution in [-0.2, 0) is 16.4 Å². The Balaban J connectivity index is 2.27. The van der Waals surface area contributed by atoms with E-state index in [-0.39, 0.29) is 4.90 Å². The summed E-state index contributed by atoms with van der Waals surface area (Å²) in [4.78, 5) is 0.207. The Kier molecular flexibility index (Phi) is 4.35. The summed E-state index contributed by atoms with van der Waals surface area (Å²) in [6, 6.07) is 12.0. The summed E-state index contributed by atoms with van der Waals surface area (Å²) in [5.41, 5.74) is 2.45. The molecule has 0 aliphatic heterocycles. The Morgan fingerprint density at radius 3 is 2.30 bits per heavy atom. The van der Waals surface area contributed by atoms with Crippen LogP contribution in [0.5, 0.6) is 0 Å². The highest BCUT2D eigenvalue weighted by Crippen LogP contribution is 2.22. The number of halogens is 1. The van der Waals surface area contributed by atoms with E-state index in [4.69, 9.17) is 11.6 Å². The molecule has 0 saturated carbocycles. The Hall–Kier alpha value is -1.52. The predicted octanol–water partition coefficient (Wildman–Crippen LogP) is 4.01. The molecule has 0 saturated heterocycles. The molecule has 5 heteroatoms. The Morgan fingerprint density at radius 1 is 1.10 bits per heavy atom. The fraction of sp³-hybridized carbons (Fsp3) is 0.200. The minimum absolute atomic E-state index is 0.207. The SMILES string of the molecule is CCc1ccc(NS(=O)(=O)c2ccc(Cl)c(C)c2)cc1. The van der Waals surface area contributed by atoms with Crippen molar-refractivity contribution in [3.63, 3.8) is 0 Å². The van der Waals surface area contributed by atoms with Gasteiger partial charge in [0.05, 0.1) is 4.90 Å². The van der Waals surface area contributed by atoms with Crippen LogP contribution in [-0.4, -0.2) is 8.42 Å². The van der Waals surface area contributed by atoms with Crippen LogP contribution in [0.3, 0.4) is 0 Å². The molecule has 2 rings (SSSR count). The molecular formula is C15H16ClNO2S. The first-order chi connectivity index (χ1) is 9.42. The van der Waals surface area contributed by atoms with Crippen molar-refractivity contribution >= 4 is 27.3 Å². The Morgan fingerprint density at radius 2 is 1.75 bits per heavy atom. The van der Waals surface area contributed by atoms with Gasteiger partial charge in [0.15, 0.2) is 0 Å². The zero-order valence-electron chi connectivity index (χ0n) is 11.4. The van der Waals surface area contributed by atoms with E-state index < -0.39 is 10.0 Å². The van der Waals surface area contributed by atoms with Crippen molar-refractivity contribution in [2.45, 2.75) is 25.2 Å². The van der Waals surface area contributed by atoms with Gasteiger partial charge in [0.25, 0.3) is 10.0 Å². The van der Waals surface area contributed by atoms with Gasteiger partial charge in [-0.05, 0) is 54.8 Å². The molecule has 0 aliphatic rings. The topological polar surface area (TPSA) is 46.2 Å². The molecule has 20 heavy (non-hydrogen) atoms. The molecule has 0 bridgehead atoms. The molecular weight excluding hydrogens is 294 g/mol. The lowest BCUT2D eigenvalue weighted by molar-refractivity contribution is 0.601. The van der Waals surface area contributed by atoms with Crippen molar-refractivity contribution in [1.29, 1.82) is 0 Å². The lowest BCUT2D eigenvalue weighted by Gasteiger charge is -2.09. The molecule has 1 N–H and O–H groups in total. The lowest BCUT2D eigenvalue weighted by Crippen LogP contribution is -2.13. The summed E-state index contributed by atoms with van der Waals surface area (Å²) in [6.07, 6.45) is 0.920. The van der Waals surface area contributed by atoms with Gasteiger partial charge in [-0.3, -0.25) is 4.72 Å². The maximum atomic E-state index is 12.3. The lowest BCUT2D eigenvalue weighted by atomic mass is 10.2. The molecule has 2 aromatic carbocycles. The molecule has 0 fully saturated rings. The average Bonchev–Trinajstić information content (AvgIpc) is 2.42. The standard InChI is InChI=1S/C15H16ClNO2S/c1-3-12-4-6-13(7-5-12)17-20(18,19)14-8-9-15(16)11(2)10-14/h4-10,17H,3H2,1-2H3. The van der Waals surface area contributed by atoms with Crippen molar-refractivity contribution in [3.05, 3.63) is 58.6 Å². The molecule has 0 radical (unpaired) electrons. The van der Waals surface area contributed by atoms with E-state index in [0.717, 1.165) is 17.5 Å². The second-order valence-electron chi connectivity index (χ2n) is 4.57. The number of hydrogen-bond donors (Lipinski definition) is 1. The highest BCUT2D eigenvalue weighted by Gasteiger charge is 2.15. The van der Waals surface area contributed by atoms with Crippen LogP contribution in [0.2, 0.25) is 5.02 Å². The van der Waals surface area contributed by atoms with E-state index in [2.05, 4.69) is 11.6 Å². The van der Waals surface area contributed by atoms with E-state index in [9.17, 15) is 8.42 Å². The third kappa shape index (κ3) is 3.32. The highest BCUT2D eigenvalue weighted by atomic mass is 35.5. The number of anilines is 1. The number of sulfonamides is 1. The van der Waals surface area contributed by atoms with E-state index >= 15 is 0 Å². The summed E-state index contributed by atoms with van der Waals surface area (Å²) >= 11 is 5.91. The van der Waals surface area contributed by atoms with Gasteiger partial charge in [0.1, 0.15) is 0 Å². The van der Waals surface area contributed by atoms with Crippen molar-refractivity contribution in [3.8, 4) is 0 Å². The Bertz CT molecular complexity index is 709. The van der Waals surface area contributed by atoms with Gasteiger partial charge in [-0.2, -0.15) is 0 Å². The van der Waals surface area contributed by atoms with Crippen LogP contribution < -0.4 is 4.72 Å². The van der Waals surface area contributed by atoms with Gasteiger partial charge in [0.2, 0.25) is 0 Å². The van der Waals surface area contributed by atoms with Crippen LogP contribution in [0.4, 0.5) is 5.69 Å². The predicted molar refractivity (Wildman–Crippen MR) is 82.8 cm³/mol. The number of rotatable bonds is 4. The second kappa shape index (κ2) is 5.85. The third-order valence-corrected chi connectivity index (χ3v) is 4.86. The normalized spacial score (nSPS) is 11.3. The molecule has 0 unspecified atom stereocenters. The van der Waals surface area contributed by atoms with Gasteiger partial charge < -0.3 is 0 Å². The fourth-order valence-electron chi connectivity index (χ4n) is 1.81. The van der Waals surface area contributed by atoms with Crippen LogP contribution in [0.15, 0.2) is 47.4 Å². The van der Waals surface area contributed by atoms with Gasteiger partial charge in [-0.15, -0.1) is 0 Å². The summed E-state index contributed by atoms with van der Waals surface area (Å²) in [5.74, 6) is 0. The largest absolute Gasteiger partial charge is 0.280 e. The second-order valence-corrected chi connectivity index (χ2v) is 6.66. The zero-order valence-corrected chi connectivity index (χ0v) is 12.9. The minimum atomic E-state index is -3.58. The molecule has 0 heterocycles. The zero-order chi connectivity index (χ0) is 14.8. The van der Waals surface area contributed by atoms with E-state index in [1.54, 1.807) is 31.2 Å². The number of benzene rings is 2. The first-order valence-electron chi connectivity index (χ1n) is 6.30. The molecule has 0 aromatic heterocycles. The van der Waals surface area contributed by atoms with Crippen molar-refractivity contribution in [2.24, 2.45) is 0 Å². The van der Waals surface area contributed by atoms with E-state index in [1.807, 2.05) is 12.1 Å². The first-order valence-corrected chi connectivity index (χ1v) is 8.16. The summed E-state index contributed by atoms with van der Waals surface area (Å²) in [6.45, 7) is 3.83.